The summed E-state index contributed by atoms with van der Waals surface area (Å²) in [5.41, 5.74) is 5.10. The molecule has 0 N–H and O–H groups in total. The monoisotopic (exact) mass is 318 g/mol. The van der Waals surface area contributed by atoms with Crippen LogP contribution in [-0.4, -0.2) is 9.55 Å². The number of pyridine rings is 1. The standard InChI is InChI=1S/C22H26N2/c1-6-7-11-19-16(2)18-10-8-9-12-20(18)24(19)21-14-13-17(15-23-21)22(3,4)5/h7-15H,6H2,1-5H3/b11-7-. The van der Waals surface area contributed by atoms with Crippen molar-refractivity contribution in [2.24, 2.45) is 0 Å². The second-order valence-corrected chi connectivity index (χ2v) is 7.33. The van der Waals surface area contributed by atoms with Gasteiger partial charge in [0.1, 0.15) is 5.82 Å². The highest BCUT2D eigenvalue weighted by molar-refractivity contribution is 5.89. The Morgan fingerprint density at radius 3 is 2.46 bits per heavy atom. The first-order valence-electron chi connectivity index (χ1n) is 8.67. The fourth-order valence-electron chi connectivity index (χ4n) is 3.06. The molecule has 0 radical (unpaired) electrons. The lowest BCUT2D eigenvalue weighted by Crippen LogP contribution is -2.12. The molecule has 0 saturated heterocycles. The number of nitrogens with zero attached hydrogens (tertiary/aromatic N) is 2. The molecule has 3 rings (SSSR count). The normalized spacial score (nSPS) is 12.4. The number of para-hydroxylation sites is 1. The van der Waals surface area contributed by atoms with Crippen molar-refractivity contribution in [2.75, 3.05) is 0 Å². The highest BCUT2D eigenvalue weighted by Gasteiger charge is 2.17. The number of benzene rings is 1. The third kappa shape index (κ3) is 2.89. The van der Waals surface area contributed by atoms with E-state index in [-0.39, 0.29) is 5.41 Å². The van der Waals surface area contributed by atoms with Gasteiger partial charge in [-0.2, -0.15) is 0 Å². The number of rotatable bonds is 3. The van der Waals surface area contributed by atoms with Gasteiger partial charge >= 0.3 is 0 Å². The molecule has 2 nitrogen and oxygen atoms in total. The maximum Gasteiger partial charge on any atom is 0.137 e. The highest BCUT2D eigenvalue weighted by atomic mass is 15.1. The minimum Gasteiger partial charge on any atom is -0.294 e. The van der Waals surface area contributed by atoms with Gasteiger partial charge in [-0.15, -0.1) is 0 Å². The number of hydrogen-bond donors (Lipinski definition) is 0. The van der Waals surface area contributed by atoms with Crippen molar-refractivity contribution in [1.82, 2.24) is 9.55 Å². The van der Waals surface area contributed by atoms with E-state index < -0.39 is 0 Å². The molecule has 0 bridgehead atoms. The predicted molar refractivity (Wildman–Crippen MR) is 104 cm³/mol. The van der Waals surface area contributed by atoms with Crippen molar-refractivity contribution >= 4 is 17.0 Å². The van der Waals surface area contributed by atoms with Crippen molar-refractivity contribution in [2.45, 2.75) is 46.5 Å². The molecular weight excluding hydrogens is 292 g/mol. The molecule has 24 heavy (non-hydrogen) atoms. The Morgan fingerprint density at radius 1 is 1.08 bits per heavy atom. The van der Waals surface area contributed by atoms with Gasteiger partial charge < -0.3 is 0 Å². The number of allylic oxidation sites excluding steroid dienone is 1. The molecule has 1 aromatic carbocycles. The Labute approximate surface area is 144 Å². The van der Waals surface area contributed by atoms with Crippen LogP contribution in [0.15, 0.2) is 48.7 Å². The van der Waals surface area contributed by atoms with Crippen LogP contribution >= 0.6 is 0 Å². The van der Waals surface area contributed by atoms with Gasteiger partial charge in [0.05, 0.1) is 11.2 Å². The Kier molecular flexibility index (Phi) is 4.31. The zero-order valence-corrected chi connectivity index (χ0v) is 15.3. The maximum atomic E-state index is 4.78. The van der Waals surface area contributed by atoms with Crippen molar-refractivity contribution in [1.29, 1.82) is 0 Å². The summed E-state index contributed by atoms with van der Waals surface area (Å²) in [4.78, 5) is 4.78. The average molecular weight is 318 g/mol. The molecule has 2 heteroatoms. The Morgan fingerprint density at radius 2 is 1.83 bits per heavy atom. The summed E-state index contributed by atoms with van der Waals surface area (Å²) in [6.07, 6.45) is 7.46. The molecule has 0 aliphatic rings. The molecular formula is C22H26N2. The van der Waals surface area contributed by atoms with Crippen LogP contribution in [0.3, 0.4) is 0 Å². The van der Waals surface area contributed by atoms with Crippen LogP contribution in [0.1, 0.15) is 50.9 Å². The highest BCUT2D eigenvalue weighted by Crippen LogP contribution is 2.30. The minimum absolute atomic E-state index is 0.116. The summed E-state index contributed by atoms with van der Waals surface area (Å²) in [5.74, 6) is 0.975. The molecule has 0 unspecified atom stereocenters. The second kappa shape index (κ2) is 6.27. The average Bonchev–Trinajstić information content (AvgIpc) is 2.85. The molecule has 2 aromatic heterocycles. The van der Waals surface area contributed by atoms with Crippen LogP contribution < -0.4 is 0 Å². The van der Waals surface area contributed by atoms with Crippen molar-refractivity contribution in [3.8, 4) is 5.82 Å². The zero-order chi connectivity index (χ0) is 17.3. The van der Waals surface area contributed by atoms with E-state index in [4.69, 9.17) is 4.98 Å². The molecule has 2 heterocycles. The van der Waals surface area contributed by atoms with Crippen LogP contribution in [-0.2, 0) is 5.41 Å². The number of aryl methyl sites for hydroxylation is 1. The minimum atomic E-state index is 0.116. The quantitative estimate of drug-likeness (QED) is 0.574. The molecule has 0 spiro atoms. The van der Waals surface area contributed by atoms with Crippen molar-refractivity contribution in [3.63, 3.8) is 0 Å². The van der Waals surface area contributed by atoms with E-state index in [1.165, 1.54) is 27.7 Å². The first kappa shape index (κ1) is 16.5. The van der Waals surface area contributed by atoms with Crippen LogP contribution in [0.2, 0.25) is 0 Å². The molecule has 0 saturated carbocycles. The largest absolute Gasteiger partial charge is 0.294 e. The van der Waals surface area contributed by atoms with Gasteiger partial charge in [0.25, 0.3) is 0 Å². The van der Waals surface area contributed by atoms with E-state index in [1.54, 1.807) is 0 Å². The number of hydrogen-bond acceptors (Lipinski definition) is 1. The van der Waals surface area contributed by atoms with E-state index in [9.17, 15) is 0 Å². The second-order valence-electron chi connectivity index (χ2n) is 7.33. The van der Waals surface area contributed by atoms with Gasteiger partial charge in [0.15, 0.2) is 0 Å². The summed E-state index contributed by atoms with van der Waals surface area (Å²) in [7, 11) is 0. The van der Waals surface area contributed by atoms with Crippen LogP contribution in [0.4, 0.5) is 0 Å². The SMILES string of the molecule is CC/C=C\c1c(C)c2ccccc2n1-c1ccc(C(C)(C)C)cn1. The summed E-state index contributed by atoms with van der Waals surface area (Å²) >= 11 is 0. The number of aromatic nitrogens is 2. The molecule has 0 fully saturated rings. The first-order valence-corrected chi connectivity index (χ1v) is 8.67. The third-order valence-electron chi connectivity index (χ3n) is 4.53. The van der Waals surface area contributed by atoms with E-state index in [0.29, 0.717) is 0 Å². The van der Waals surface area contributed by atoms with Crippen molar-refractivity contribution < 1.29 is 0 Å². The van der Waals surface area contributed by atoms with E-state index in [2.05, 4.69) is 87.7 Å². The van der Waals surface area contributed by atoms with Crippen LogP contribution in [0.25, 0.3) is 22.8 Å². The lowest BCUT2D eigenvalue weighted by Gasteiger charge is -2.19. The van der Waals surface area contributed by atoms with Crippen molar-refractivity contribution in [3.05, 3.63) is 65.5 Å². The van der Waals surface area contributed by atoms with Crippen LogP contribution in [0.5, 0.6) is 0 Å². The van der Waals surface area contributed by atoms with Gasteiger partial charge in [0, 0.05) is 11.6 Å². The first-order chi connectivity index (χ1) is 11.4. The van der Waals surface area contributed by atoms with Gasteiger partial charge in [0.2, 0.25) is 0 Å². The predicted octanol–water partition coefficient (Wildman–Crippen LogP) is 6.05. The van der Waals surface area contributed by atoms with Gasteiger partial charge in [-0.1, -0.05) is 58.0 Å². The fraction of sp³-hybridized carbons (Fsp3) is 0.318. The van der Waals surface area contributed by atoms with E-state index in [1.807, 2.05) is 6.20 Å². The smallest absolute Gasteiger partial charge is 0.137 e. The fourth-order valence-corrected chi connectivity index (χ4v) is 3.06. The lowest BCUT2D eigenvalue weighted by atomic mass is 9.88. The molecule has 0 aliphatic carbocycles. The van der Waals surface area contributed by atoms with Gasteiger partial charge in [-0.25, -0.2) is 4.98 Å². The summed E-state index contributed by atoms with van der Waals surface area (Å²) < 4.78 is 2.27. The molecule has 3 aromatic rings. The van der Waals surface area contributed by atoms with E-state index >= 15 is 0 Å². The molecule has 0 atom stereocenters. The third-order valence-corrected chi connectivity index (χ3v) is 4.53. The summed E-state index contributed by atoms with van der Waals surface area (Å²) in [5, 5.41) is 1.29. The van der Waals surface area contributed by atoms with E-state index in [0.717, 1.165) is 12.2 Å². The lowest BCUT2D eigenvalue weighted by molar-refractivity contribution is 0.587. The molecule has 0 amide bonds. The summed E-state index contributed by atoms with van der Waals surface area (Å²) in [6.45, 7) is 11.0. The van der Waals surface area contributed by atoms with Gasteiger partial charge in [-0.05, 0) is 48.1 Å². The topological polar surface area (TPSA) is 17.8 Å². The molecule has 0 aliphatic heterocycles. The Hall–Kier alpha value is -2.35. The Bertz CT molecular complexity index is 875. The molecule has 124 valence electrons. The maximum absolute atomic E-state index is 4.78. The Balaban J connectivity index is 2.23. The summed E-state index contributed by atoms with van der Waals surface area (Å²) in [6, 6.07) is 12.9. The number of fused-ring (bicyclic) bond motifs is 1. The van der Waals surface area contributed by atoms with Gasteiger partial charge in [-0.3, -0.25) is 4.57 Å². The zero-order valence-electron chi connectivity index (χ0n) is 15.3. The van der Waals surface area contributed by atoms with Crippen LogP contribution in [0, 0.1) is 6.92 Å².